The highest BCUT2D eigenvalue weighted by Crippen LogP contribution is 2.35. The molecule has 0 unspecified atom stereocenters. The first kappa shape index (κ1) is 13.9. The Balaban J connectivity index is 1.40. The first-order valence-electron chi connectivity index (χ1n) is 7.93. The van der Waals surface area contributed by atoms with Crippen molar-refractivity contribution in [3.05, 3.63) is 18.5 Å². The summed E-state index contributed by atoms with van der Waals surface area (Å²) in [6.07, 6.45) is 5.94. The number of rotatable bonds is 2. The summed E-state index contributed by atoms with van der Waals surface area (Å²) in [4.78, 5) is 28.5. The molecule has 4 heterocycles. The van der Waals surface area contributed by atoms with E-state index in [9.17, 15) is 4.79 Å². The Labute approximate surface area is 129 Å². The van der Waals surface area contributed by atoms with Gasteiger partial charge in [-0.3, -0.25) is 9.63 Å². The van der Waals surface area contributed by atoms with Crippen molar-refractivity contribution in [2.45, 2.75) is 31.5 Å². The predicted molar refractivity (Wildman–Crippen MR) is 77.9 cm³/mol. The van der Waals surface area contributed by atoms with Crippen LogP contribution in [0.4, 0.5) is 5.95 Å². The second kappa shape index (κ2) is 5.81. The van der Waals surface area contributed by atoms with Gasteiger partial charge >= 0.3 is 0 Å². The molecular weight excluding hydrogens is 284 g/mol. The molecule has 0 spiro atoms. The average molecular weight is 304 g/mol. The second-order valence-corrected chi connectivity index (χ2v) is 6.07. The van der Waals surface area contributed by atoms with Crippen LogP contribution < -0.4 is 4.90 Å². The first-order valence-corrected chi connectivity index (χ1v) is 7.93. The SMILES string of the molecule is O=C([C@@H]1C[C@H]2CCN(c3ncccn3)C[C@@H]2O1)N1CCCO1. The van der Waals surface area contributed by atoms with Crippen LogP contribution in [0.25, 0.3) is 0 Å². The number of carbonyl (C=O) groups is 1. The summed E-state index contributed by atoms with van der Waals surface area (Å²) < 4.78 is 6.02. The molecule has 1 aromatic heterocycles. The fourth-order valence-electron chi connectivity index (χ4n) is 3.51. The number of hydrogen-bond acceptors (Lipinski definition) is 6. The van der Waals surface area contributed by atoms with Crippen LogP contribution in [-0.2, 0) is 14.4 Å². The molecule has 1 aromatic rings. The van der Waals surface area contributed by atoms with E-state index in [2.05, 4.69) is 14.9 Å². The van der Waals surface area contributed by atoms with E-state index in [0.717, 1.165) is 38.3 Å². The molecule has 4 rings (SSSR count). The molecule has 7 heteroatoms. The van der Waals surface area contributed by atoms with Gasteiger partial charge in [0.05, 0.1) is 19.3 Å². The van der Waals surface area contributed by atoms with Gasteiger partial charge in [0.1, 0.15) is 6.10 Å². The van der Waals surface area contributed by atoms with E-state index in [4.69, 9.17) is 9.57 Å². The summed E-state index contributed by atoms with van der Waals surface area (Å²) in [5, 5.41) is 1.47. The normalized spacial score (nSPS) is 31.4. The van der Waals surface area contributed by atoms with Gasteiger partial charge in [-0.25, -0.2) is 15.0 Å². The molecule has 7 nitrogen and oxygen atoms in total. The number of carbonyl (C=O) groups excluding carboxylic acids is 1. The minimum atomic E-state index is -0.357. The van der Waals surface area contributed by atoms with E-state index in [1.54, 1.807) is 12.4 Å². The zero-order valence-electron chi connectivity index (χ0n) is 12.4. The van der Waals surface area contributed by atoms with Gasteiger partial charge in [-0.05, 0) is 31.2 Å². The smallest absolute Gasteiger partial charge is 0.275 e. The maximum absolute atomic E-state index is 12.4. The molecule has 0 aromatic carbocycles. The number of hydroxylamine groups is 2. The number of piperidine rings is 1. The van der Waals surface area contributed by atoms with Crippen LogP contribution in [0.5, 0.6) is 0 Å². The Morgan fingerprint density at radius 2 is 2.14 bits per heavy atom. The standard InChI is InChI=1S/C15H20N4O3/c20-14(19-6-2-8-21-19)12-9-11-3-7-18(10-13(11)22-12)15-16-4-1-5-17-15/h1,4-5,11-13H,2-3,6-10H2/t11-,12+,13+/m1/s1. The minimum Gasteiger partial charge on any atom is -0.363 e. The molecule has 22 heavy (non-hydrogen) atoms. The monoisotopic (exact) mass is 304 g/mol. The zero-order chi connectivity index (χ0) is 14.9. The zero-order valence-corrected chi connectivity index (χ0v) is 12.4. The van der Waals surface area contributed by atoms with Gasteiger partial charge in [-0.2, -0.15) is 0 Å². The van der Waals surface area contributed by atoms with Crippen LogP contribution in [0.3, 0.4) is 0 Å². The molecule has 3 aliphatic heterocycles. The second-order valence-electron chi connectivity index (χ2n) is 6.07. The molecule has 0 saturated carbocycles. The molecule has 3 fully saturated rings. The van der Waals surface area contributed by atoms with Crippen molar-refractivity contribution >= 4 is 11.9 Å². The number of nitrogens with zero attached hydrogens (tertiary/aromatic N) is 4. The number of aromatic nitrogens is 2. The lowest BCUT2D eigenvalue weighted by atomic mass is 9.92. The highest BCUT2D eigenvalue weighted by atomic mass is 16.7. The van der Waals surface area contributed by atoms with E-state index >= 15 is 0 Å². The summed E-state index contributed by atoms with van der Waals surface area (Å²) in [7, 11) is 0. The van der Waals surface area contributed by atoms with Crippen molar-refractivity contribution in [3.63, 3.8) is 0 Å². The van der Waals surface area contributed by atoms with Gasteiger partial charge in [0.25, 0.3) is 5.91 Å². The van der Waals surface area contributed by atoms with Crippen molar-refractivity contribution in [3.8, 4) is 0 Å². The van der Waals surface area contributed by atoms with Crippen molar-refractivity contribution < 1.29 is 14.4 Å². The quantitative estimate of drug-likeness (QED) is 0.798. The molecule has 0 N–H and O–H groups in total. The third kappa shape index (κ3) is 2.55. The Morgan fingerprint density at radius 3 is 2.91 bits per heavy atom. The third-order valence-electron chi connectivity index (χ3n) is 4.66. The lowest BCUT2D eigenvalue weighted by Gasteiger charge is -2.33. The number of anilines is 1. The highest BCUT2D eigenvalue weighted by Gasteiger charge is 2.44. The van der Waals surface area contributed by atoms with Gasteiger partial charge < -0.3 is 9.64 Å². The first-order chi connectivity index (χ1) is 10.8. The van der Waals surface area contributed by atoms with Crippen molar-refractivity contribution in [2.75, 3.05) is 31.1 Å². The van der Waals surface area contributed by atoms with Gasteiger partial charge in [-0.1, -0.05) is 0 Å². The van der Waals surface area contributed by atoms with Crippen molar-refractivity contribution in [2.24, 2.45) is 5.92 Å². The van der Waals surface area contributed by atoms with Crippen LogP contribution in [0.2, 0.25) is 0 Å². The number of hydrogen-bond donors (Lipinski definition) is 0. The van der Waals surface area contributed by atoms with Crippen molar-refractivity contribution in [1.82, 2.24) is 15.0 Å². The Bertz CT molecular complexity index is 535. The molecule has 0 radical (unpaired) electrons. The molecular formula is C15H20N4O3. The molecule has 0 aliphatic carbocycles. The maximum atomic E-state index is 12.4. The molecule has 118 valence electrons. The van der Waals surface area contributed by atoms with E-state index in [1.165, 1.54) is 5.06 Å². The molecule has 3 saturated heterocycles. The largest absolute Gasteiger partial charge is 0.363 e. The Kier molecular flexibility index (Phi) is 3.67. The fraction of sp³-hybridized carbons (Fsp3) is 0.667. The van der Waals surface area contributed by atoms with Crippen LogP contribution >= 0.6 is 0 Å². The van der Waals surface area contributed by atoms with Gasteiger partial charge in [-0.15, -0.1) is 0 Å². The fourth-order valence-corrected chi connectivity index (χ4v) is 3.51. The Hall–Kier alpha value is -1.73. The van der Waals surface area contributed by atoms with Crippen LogP contribution in [-0.4, -0.2) is 59.4 Å². The summed E-state index contributed by atoms with van der Waals surface area (Å²) in [6.45, 7) is 2.97. The average Bonchev–Trinajstić information content (AvgIpc) is 3.23. The summed E-state index contributed by atoms with van der Waals surface area (Å²) in [5.41, 5.74) is 0. The minimum absolute atomic E-state index is 0.0191. The predicted octanol–water partition coefficient (Wildman–Crippen LogP) is 0.624. The lowest BCUT2D eigenvalue weighted by Crippen LogP contribution is -2.43. The van der Waals surface area contributed by atoms with Crippen LogP contribution in [0.1, 0.15) is 19.3 Å². The number of ether oxygens (including phenoxy) is 1. The number of fused-ring (bicyclic) bond motifs is 1. The third-order valence-corrected chi connectivity index (χ3v) is 4.66. The highest BCUT2D eigenvalue weighted by molar-refractivity contribution is 5.80. The van der Waals surface area contributed by atoms with Gasteiger partial charge in [0, 0.05) is 25.5 Å². The van der Waals surface area contributed by atoms with E-state index in [-0.39, 0.29) is 18.1 Å². The topological polar surface area (TPSA) is 67.8 Å². The maximum Gasteiger partial charge on any atom is 0.275 e. The van der Waals surface area contributed by atoms with Crippen molar-refractivity contribution in [1.29, 1.82) is 0 Å². The lowest BCUT2D eigenvalue weighted by molar-refractivity contribution is -0.180. The van der Waals surface area contributed by atoms with Gasteiger partial charge in [0.15, 0.2) is 0 Å². The summed E-state index contributed by atoms with van der Waals surface area (Å²) in [6, 6.07) is 1.81. The molecule has 3 atom stereocenters. The Morgan fingerprint density at radius 1 is 1.27 bits per heavy atom. The number of amides is 1. The summed E-state index contributed by atoms with van der Waals surface area (Å²) >= 11 is 0. The van der Waals surface area contributed by atoms with Crippen LogP contribution in [0.15, 0.2) is 18.5 Å². The molecule has 1 amide bonds. The molecule has 0 bridgehead atoms. The van der Waals surface area contributed by atoms with Gasteiger partial charge in [0.2, 0.25) is 5.95 Å². The molecule has 3 aliphatic rings. The summed E-state index contributed by atoms with van der Waals surface area (Å²) in [5.74, 6) is 1.16. The van der Waals surface area contributed by atoms with E-state index < -0.39 is 0 Å². The van der Waals surface area contributed by atoms with Crippen LogP contribution in [0, 0.1) is 5.92 Å². The van der Waals surface area contributed by atoms with E-state index in [1.807, 2.05) is 6.07 Å². The van der Waals surface area contributed by atoms with E-state index in [0.29, 0.717) is 19.1 Å².